The first-order valence-electron chi connectivity index (χ1n) is 6.78. The molecule has 1 unspecified atom stereocenters. The van der Waals surface area contributed by atoms with E-state index in [0.717, 1.165) is 48.0 Å². The maximum Gasteiger partial charge on any atom is 0.182 e. The lowest BCUT2D eigenvalue weighted by molar-refractivity contribution is 0.503. The SMILES string of the molecule is NC1CCCN(c2[nH]ncc3nnc4nccc4c23)C1. The Morgan fingerprint density at radius 1 is 1.35 bits per heavy atom. The Balaban J connectivity index is 1.96. The molecular formula is C13H15N7. The van der Waals surface area contributed by atoms with Crippen molar-refractivity contribution in [2.75, 3.05) is 18.0 Å². The summed E-state index contributed by atoms with van der Waals surface area (Å²) in [5.41, 5.74) is 7.53. The highest BCUT2D eigenvalue weighted by molar-refractivity contribution is 6.08. The monoisotopic (exact) mass is 269 g/mol. The molecule has 1 aliphatic rings. The van der Waals surface area contributed by atoms with Crippen LogP contribution in [0.15, 0.2) is 18.5 Å². The van der Waals surface area contributed by atoms with Crippen molar-refractivity contribution in [3.05, 3.63) is 18.5 Å². The Morgan fingerprint density at radius 3 is 3.20 bits per heavy atom. The average molecular weight is 269 g/mol. The molecule has 0 saturated carbocycles. The van der Waals surface area contributed by atoms with Gasteiger partial charge >= 0.3 is 0 Å². The number of hydrogen-bond acceptors (Lipinski definition) is 6. The maximum absolute atomic E-state index is 6.08. The molecule has 4 heterocycles. The van der Waals surface area contributed by atoms with Crippen molar-refractivity contribution >= 4 is 27.8 Å². The number of aromatic nitrogens is 5. The number of fused-ring (bicyclic) bond motifs is 3. The summed E-state index contributed by atoms with van der Waals surface area (Å²) in [4.78, 5) is 6.47. The van der Waals surface area contributed by atoms with Gasteiger partial charge in [0.1, 0.15) is 11.3 Å². The highest BCUT2D eigenvalue weighted by Gasteiger charge is 2.21. The Morgan fingerprint density at radius 2 is 2.30 bits per heavy atom. The van der Waals surface area contributed by atoms with Crippen LogP contribution in [-0.4, -0.2) is 44.5 Å². The van der Waals surface area contributed by atoms with E-state index >= 15 is 0 Å². The Hall–Kier alpha value is -2.28. The minimum atomic E-state index is 0.204. The van der Waals surface area contributed by atoms with Gasteiger partial charge in [-0.1, -0.05) is 0 Å². The summed E-state index contributed by atoms with van der Waals surface area (Å²) in [5.74, 6) is 0.963. The first-order valence-corrected chi connectivity index (χ1v) is 6.78. The van der Waals surface area contributed by atoms with E-state index in [-0.39, 0.29) is 6.04 Å². The van der Waals surface area contributed by atoms with Crippen molar-refractivity contribution in [2.45, 2.75) is 18.9 Å². The Bertz CT molecular complexity index is 766. The molecule has 0 aliphatic carbocycles. The second-order valence-electron chi connectivity index (χ2n) is 5.21. The van der Waals surface area contributed by atoms with Gasteiger partial charge in [0, 0.05) is 30.7 Å². The summed E-state index contributed by atoms with van der Waals surface area (Å²) in [6.07, 6.45) is 5.61. The summed E-state index contributed by atoms with van der Waals surface area (Å²) in [7, 11) is 0. The van der Waals surface area contributed by atoms with Crippen molar-refractivity contribution in [1.82, 2.24) is 25.4 Å². The minimum Gasteiger partial charge on any atom is -0.355 e. The quantitative estimate of drug-likeness (QED) is 0.679. The smallest absolute Gasteiger partial charge is 0.182 e. The van der Waals surface area contributed by atoms with Gasteiger partial charge in [-0.25, -0.2) is 4.98 Å². The maximum atomic E-state index is 6.08. The zero-order chi connectivity index (χ0) is 13.5. The third kappa shape index (κ3) is 1.70. The molecule has 1 aliphatic heterocycles. The van der Waals surface area contributed by atoms with Crippen LogP contribution < -0.4 is 10.6 Å². The topological polar surface area (TPSA) is 96.6 Å². The van der Waals surface area contributed by atoms with Crippen LogP contribution in [-0.2, 0) is 0 Å². The van der Waals surface area contributed by atoms with Gasteiger partial charge in [0.2, 0.25) is 0 Å². The number of nitrogens with zero attached hydrogens (tertiary/aromatic N) is 5. The molecule has 3 aromatic heterocycles. The molecule has 4 rings (SSSR count). The molecule has 7 heteroatoms. The van der Waals surface area contributed by atoms with Gasteiger partial charge in [0.25, 0.3) is 0 Å². The predicted molar refractivity (Wildman–Crippen MR) is 76.4 cm³/mol. The fourth-order valence-electron chi connectivity index (χ4n) is 2.88. The van der Waals surface area contributed by atoms with E-state index in [1.165, 1.54) is 0 Å². The second kappa shape index (κ2) is 4.38. The van der Waals surface area contributed by atoms with Crippen LogP contribution in [0.3, 0.4) is 0 Å². The number of rotatable bonds is 1. The average Bonchev–Trinajstić information content (AvgIpc) is 2.95. The van der Waals surface area contributed by atoms with E-state index in [4.69, 9.17) is 5.73 Å². The van der Waals surface area contributed by atoms with Crippen LogP contribution in [0, 0.1) is 0 Å². The molecule has 102 valence electrons. The number of anilines is 1. The molecule has 0 radical (unpaired) electrons. The van der Waals surface area contributed by atoms with Gasteiger partial charge in [-0.15, -0.1) is 10.2 Å². The third-order valence-electron chi connectivity index (χ3n) is 3.83. The fraction of sp³-hybridized carbons (Fsp3) is 0.385. The van der Waals surface area contributed by atoms with Crippen molar-refractivity contribution in [2.24, 2.45) is 5.73 Å². The lowest BCUT2D eigenvalue weighted by Gasteiger charge is -2.32. The van der Waals surface area contributed by atoms with E-state index in [1.54, 1.807) is 12.4 Å². The number of aromatic amines is 1. The minimum absolute atomic E-state index is 0.204. The van der Waals surface area contributed by atoms with Crippen LogP contribution >= 0.6 is 0 Å². The van der Waals surface area contributed by atoms with Crippen LogP contribution in [0.5, 0.6) is 0 Å². The number of nitrogens with one attached hydrogen (secondary N) is 1. The van der Waals surface area contributed by atoms with Crippen molar-refractivity contribution in [3.8, 4) is 0 Å². The lowest BCUT2D eigenvalue weighted by Crippen LogP contribution is -2.43. The van der Waals surface area contributed by atoms with Gasteiger partial charge in [0.15, 0.2) is 5.65 Å². The molecular weight excluding hydrogens is 254 g/mol. The lowest BCUT2D eigenvalue weighted by atomic mass is 10.1. The first-order chi connectivity index (χ1) is 9.83. The van der Waals surface area contributed by atoms with Gasteiger partial charge in [0.05, 0.1) is 11.6 Å². The van der Waals surface area contributed by atoms with E-state index < -0.39 is 0 Å². The molecule has 0 amide bonds. The summed E-state index contributed by atoms with van der Waals surface area (Å²) < 4.78 is 0. The van der Waals surface area contributed by atoms with Crippen molar-refractivity contribution in [1.29, 1.82) is 0 Å². The highest BCUT2D eigenvalue weighted by atomic mass is 15.3. The van der Waals surface area contributed by atoms with Crippen LogP contribution in [0.2, 0.25) is 0 Å². The van der Waals surface area contributed by atoms with Crippen LogP contribution in [0.1, 0.15) is 12.8 Å². The van der Waals surface area contributed by atoms with E-state index in [1.807, 2.05) is 6.07 Å². The number of H-pyrrole nitrogens is 1. The zero-order valence-corrected chi connectivity index (χ0v) is 11.0. The number of nitrogens with two attached hydrogens (primary N) is 1. The molecule has 1 saturated heterocycles. The largest absolute Gasteiger partial charge is 0.355 e. The van der Waals surface area contributed by atoms with Gasteiger partial charge in [-0.2, -0.15) is 5.10 Å². The van der Waals surface area contributed by atoms with Gasteiger partial charge < -0.3 is 10.6 Å². The van der Waals surface area contributed by atoms with Crippen molar-refractivity contribution < 1.29 is 0 Å². The third-order valence-corrected chi connectivity index (χ3v) is 3.83. The van der Waals surface area contributed by atoms with E-state index in [0.29, 0.717) is 5.65 Å². The predicted octanol–water partition coefficient (Wildman–Crippen LogP) is 0.829. The second-order valence-corrected chi connectivity index (χ2v) is 5.21. The summed E-state index contributed by atoms with van der Waals surface area (Å²) in [6, 6.07) is 2.17. The molecule has 7 nitrogen and oxygen atoms in total. The number of piperidine rings is 1. The molecule has 1 fully saturated rings. The Labute approximate surface area is 115 Å². The standard InChI is InChI=1S/C13H15N7/c14-8-2-1-5-20(7-8)13-11-9-3-4-15-12(9)18-17-10(11)6-16-19-13/h3-4,6,8,19H,1-2,5,7,14H2. The summed E-state index contributed by atoms with van der Waals surface area (Å²) in [5, 5.41) is 17.6. The van der Waals surface area contributed by atoms with E-state index in [9.17, 15) is 0 Å². The molecule has 3 aromatic rings. The number of hydrogen-bond donors (Lipinski definition) is 2. The van der Waals surface area contributed by atoms with Crippen molar-refractivity contribution in [3.63, 3.8) is 0 Å². The van der Waals surface area contributed by atoms with E-state index in [2.05, 4.69) is 30.3 Å². The molecule has 0 bridgehead atoms. The molecule has 0 aromatic carbocycles. The molecule has 1 atom stereocenters. The van der Waals surface area contributed by atoms with Gasteiger partial charge in [-0.05, 0) is 18.9 Å². The Kier molecular flexibility index (Phi) is 2.53. The van der Waals surface area contributed by atoms with Gasteiger partial charge in [-0.3, -0.25) is 5.10 Å². The molecule has 3 N–H and O–H groups in total. The zero-order valence-electron chi connectivity index (χ0n) is 11.0. The normalized spacial score (nSPS) is 19.9. The summed E-state index contributed by atoms with van der Waals surface area (Å²) in [6.45, 7) is 1.80. The summed E-state index contributed by atoms with van der Waals surface area (Å²) >= 11 is 0. The first kappa shape index (κ1) is 11.5. The molecule has 20 heavy (non-hydrogen) atoms. The van der Waals surface area contributed by atoms with Crippen LogP contribution in [0.4, 0.5) is 5.82 Å². The van der Waals surface area contributed by atoms with Crippen LogP contribution in [0.25, 0.3) is 21.9 Å². The highest BCUT2D eigenvalue weighted by Crippen LogP contribution is 2.29. The fourth-order valence-corrected chi connectivity index (χ4v) is 2.88. The molecule has 0 spiro atoms.